The molecule has 23 heavy (non-hydrogen) atoms. The zero-order valence-electron chi connectivity index (χ0n) is 11.7. The topological polar surface area (TPSA) is 116 Å². The summed E-state index contributed by atoms with van der Waals surface area (Å²) in [6.45, 7) is -0.369. The van der Waals surface area contributed by atoms with Crippen molar-refractivity contribution in [1.29, 1.82) is 0 Å². The van der Waals surface area contributed by atoms with E-state index in [1.54, 1.807) is 5.48 Å². The first-order valence-electron chi connectivity index (χ1n) is 6.44. The van der Waals surface area contributed by atoms with Gasteiger partial charge in [0.05, 0.1) is 18.3 Å². The van der Waals surface area contributed by atoms with Gasteiger partial charge in [-0.2, -0.15) is 5.10 Å². The molecule has 1 aromatic heterocycles. The highest BCUT2D eigenvalue weighted by molar-refractivity contribution is 5.96. The Morgan fingerprint density at radius 1 is 1.26 bits per heavy atom. The summed E-state index contributed by atoms with van der Waals surface area (Å²) < 4.78 is 18.4. The van der Waals surface area contributed by atoms with E-state index in [2.05, 4.69) is 15.8 Å². The smallest absolute Gasteiger partial charge is 0.259 e. The van der Waals surface area contributed by atoms with Crippen molar-refractivity contribution in [3.63, 3.8) is 0 Å². The van der Waals surface area contributed by atoms with Crippen LogP contribution in [-0.2, 0) is 4.79 Å². The minimum absolute atomic E-state index is 0.120. The zero-order chi connectivity index (χ0) is 16.7. The second-order valence-corrected chi connectivity index (χ2v) is 4.27. The molecule has 0 aliphatic heterocycles. The Morgan fingerprint density at radius 2 is 2.04 bits per heavy atom. The number of carbonyl (C=O) groups is 2. The predicted molar refractivity (Wildman–Crippen MR) is 78.6 cm³/mol. The first-order valence-corrected chi connectivity index (χ1v) is 6.44. The average Bonchev–Trinajstić information content (AvgIpc) is 3.01. The van der Waals surface area contributed by atoms with Crippen molar-refractivity contribution in [2.75, 3.05) is 12.0 Å². The fourth-order valence-corrected chi connectivity index (χ4v) is 1.59. The van der Waals surface area contributed by atoms with Gasteiger partial charge in [-0.05, 0) is 18.2 Å². The zero-order valence-corrected chi connectivity index (χ0v) is 11.7. The van der Waals surface area contributed by atoms with E-state index in [1.807, 2.05) is 0 Å². The van der Waals surface area contributed by atoms with Gasteiger partial charge in [0.1, 0.15) is 11.6 Å². The number of rotatable bonds is 6. The Morgan fingerprint density at radius 3 is 2.74 bits per heavy atom. The molecule has 0 aliphatic carbocycles. The van der Waals surface area contributed by atoms with Crippen LogP contribution in [0, 0.1) is 5.82 Å². The van der Waals surface area contributed by atoms with E-state index in [0.717, 1.165) is 6.07 Å². The predicted octanol–water partition coefficient (Wildman–Crippen LogP) is 1.10. The van der Waals surface area contributed by atoms with Gasteiger partial charge in [0.2, 0.25) is 5.88 Å². The number of furan rings is 1. The Kier molecular flexibility index (Phi) is 5.42. The fraction of sp³-hybridized carbons (Fsp3) is 0.0714. The van der Waals surface area contributed by atoms with E-state index in [1.165, 1.54) is 36.5 Å². The standard InChI is InChI=1S/C14H13FN4O4/c15-11-4-2-1-3-10(11)14(21)16-8-12(20)18-17-7-9-5-6-13(19-22)23-9/h1-7,19,22H,8H2,(H,16,21)(H,18,20)/b17-7+. The van der Waals surface area contributed by atoms with Crippen molar-refractivity contribution < 1.29 is 23.6 Å². The van der Waals surface area contributed by atoms with Crippen LogP contribution >= 0.6 is 0 Å². The summed E-state index contributed by atoms with van der Waals surface area (Å²) in [5.74, 6) is -1.56. The number of carbonyl (C=O) groups excluding carboxylic acids is 2. The third-order valence-corrected chi connectivity index (χ3v) is 2.65. The van der Waals surface area contributed by atoms with Gasteiger partial charge in [0.25, 0.3) is 11.8 Å². The molecule has 0 saturated heterocycles. The number of hydrogen-bond donors (Lipinski definition) is 4. The van der Waals surface area contributed by atoms with Crippen LogP contribution in [0.1, 0.15) is 16.1 Å². The molecule has 4 N–H and O–H groups in total. The van der Waals surface area contributed by atoms with Crippen molar-refractivity contribution >= 4 is 23.9 Å². The molecule has 0 radical (unpaired) electrons. The van der Waals surface area contributed by atoms with Gasteiger partial charge in [-0.15, -0.1) is 0 Å². The Labute approximate surface area is 129 Å². The summed E-state index contributed by atoms with van der Waals surface area (Å²) in [5.41, 5.74) is 3.81. The van der Waals surface area contributed by atoms with Gasteiger partial charge in [-0.1, -0.05) is 12.1 Å². The van der Waals surface area contributed by atoms with Crippen molar-refractivity contribution in [3.05, 3.63) is 53.5 Å². The molecule has 0 saturated carbocycles. The Balaban J connectivity index is 1.79. The van der Waals surface area contributed by atoms with Gasteiger partial charge in [0.15, 0.2) is 0 Å². The highest BCUT2D eigenvalue weighted by Crippen LogP contribution is 2.09. The number of halogens is 1. The third kappa shape index (κ3) is 4.64. The van der Waals surface area contributed by atoms with Crippen LogP contribution in [0.5, 0.6) is 0 Å². The van der Waals surface area contributed by atoms with Gasteiger partial charge in [0, 0.05) is 6.07 Å². The summed E-state index contributed by atoms with van der Waals surface area (Å²) in [7, 11) is 0. The van der Waals surface area contributed by atoms with Crippen LogP contribution in [0.25, 0.3) is 0 Å². The van der Waals surface area contributed by atoms with Crippen LogP contribution < -0.4 is 16.2 Å². The maximum atomic E-state index is 13.4. The molecule has 0 unspecified atom stereocenters. The quantitative estimate of drug-likeness (QED) is 0.470. The average molecular weight is 320 g/mol. The monoisotopic (exact) mass is 320 g/mol. The number of hydrazone groups is 1. The molecule has 9 heteroatoms. The lowest BCUT2D eigenvalue weighted by Crippen LogP contribution is -2.35. The number of nitrogens with zero attached hydrogens (tertiary/aromatic N) is 1. The minimum atomic E-state index is -0.702. The molecule has 1 aromatic carbocycles. The van der Waals surface area contributed by atoms with E-state index in [4.69, 9.17) is 9.62 Å². The lowest BCUT2D eigenvalue weighted by Gasteiger charge is -2.04. The lowest BCUT2D eigenvalue weighted by atomic mass is 10.2. The molecule has 0 fully saturated rings. The molecule has 2 aromatic rings. The number of nitrogens with one attached hydrogen (secondary N) is 3. The fourth-order valence-electron chi connectivity index (χ4n) is 1.59. The molecular weight excluding hydrogens is 307 g/mol. The largest absolute Gasteiger partial charge is 0.438 e. The summed E-state index contributed by atoms with van der Waals surface area (Å²) in [4.78, 5) is 23.2. The molecule has 2 amide bonds. The highest BCUT2D eigenvalue weighted by Gasteiger charge is 2.11. The van der Waals surface area contributed by atoms with E-state index in [9.17, 15) is 14.0 Å². The van der Waals surface area contributed by atoms with Crippen molar-refractivity contribution in [1.82, 2.24) is 10.7 Å². The first kappa shape index (κ1) is 16.2. The second kappa shape index (κ2) is 7.71. The highest BCUT2D eigenvalue weighted by atomic mass is 19.1. The second-order valence-electron chi connectivity index (χ2n) is 4.27. The van der Waals surface area contributed by atoms with Crippen LogP contribution in [-0.4, -0.2) is 29.8 Å². The first-order chi connectivity index (χ1) is 11.1. The molecule has 0 atom stereocenters. The summed E-state index contributed by atoms with van der Waals surface area (Å²) in [6, 6.07) is 8.40. The molecule has 120 valence electrons. The molecule has 0 aliphatic rings. The SMILES string of the molecule is O=C(CNC(=O)c1ccccc1F)N/N=C/c1ccc(NO)o1. The number of anilines is 1. The number of amides is 2. The molecule has 0 spiro atoms. The van der Waals surface area contributed by atoms with Gasteiger partial charge >= 0.3 is 0 Å². The van der Waals surface area contributed by atoms with Crippen molar-refractivity contribution in [2.45, 2.75) is 0 Å². The lowest BCUT2D eigenvalue weighted by molar-refractivity contribution is -0.120. The van der Waals surface area contributed by atoms with Crippen LogP contribution in [0.3, 0.4) is 0 Å². The van der Waals surface area contributed by atoms with Gasteiger partial charge in [-0.25, -0.2) is 15.3 Å². The van der Waals surface area contributed by atoms with Crippen molar-refractivity contribution in [2.24, 2.45) is 5.10 Å². The summed E-state index contributed by atoms with van der Waals surface area (Å²) >= 11 is 0. The van der Waals surface area contributed by atoms with Crippen LogP contribution in [0.2, 0.25) is 0 Å². The van der Waals surface area contributed by atoms with Gasteiger partial charge < -0.3 is 9.73 Å². The summed E-state index contributed by atoms with van der Waals surface area (Å²) in [6.07, 6.45) is 1.21. The Hall–Kier alpha value is -3.20. The van der Waals surface area contributed by atoms with E-state index in [0.29, 0.717) is 0 Å². The molecular formula is C14H13FN4O4. The van der Waals surface area contributed by atoms with E-state index in [-0.39, 0.29) is 23.8 Å². The molecule has 8 nitrogen and oxygen atoms in total. The minimum Gasteiger partial charge on any atom is -0.438 e. The van der Waals surface area contributed by atoms with E-state index < -0.39 is 17.6 Å². The molecule has 2 rings (SSSR count). The maximum absolute atomic E-state index is 13.4. The Bertz CT molecular complexity index is 729. The maximum Gasteiger partial charge on any atom is 0.259 e. The normalized spacial score (nSPS) is 10.5. The number of hydrogen-bond acceptors (Lipinski definition) is 6. The van der Waals surface area contributed by atoms with Crippen LogP contribution in [0.4, 0.5) is 10.3 Å². The van der Waals surface area contributed by atoms with Crippen molar-refractivity contribution in [3.8, 4) is 0 Å². The van der Waals surface area contributed by atoms with Crippen LogP contribution in [0.15, 0.2) is 45.9 Å². The third-order valence-electron chi connectivity index (χ3n) is 2.65. The van der Waals surface area contributed by atoms with Gasteiger partial charge in [-0.3, -0.25) is 14.8 Å². The van der Waals surface area contributed by atoms with E-state index >= 15 is 0 Å². The molecule has 0 bridgehead atoms. The number of benzene rings is 1. The summed E-state index contributed by atoms with van der Waals surface area (Å²) in [5, 5.41) is 14.4. The molecule has 1 heterocycles.